The van der Waals surface area contributed by atoms with Crippen molar-refractivity contribution in [3.63, 3.8) is 0 Å². The highest BCUT2D eigenvalue weighted by molar-refractivity contribution is 5.73. The maximum Gasteiger partial charge on any atom is 0.192 e. The molecule has 4 nitrogen and oxygen atoms in total. The number of fused-ring (bicyclic) bond motifs is 1. The number of likely N-dealkylation sites (N-methyl/N-ethyl adjacent to an activating group) is 1. The second kappa shape index (κ2) is 4.23. The molecule has 0 radical (unpaired) electrons. The van der Waals surface area contributed by atoms with E-state index in [4.69, 9.17) is 9.68 Å². The molecule has 0 unspecified atom stereocenters. The highest BCUT2D eigenvalue weighted by Crippen LogP contribution is 2.17. The molecule has 2 aromatic rings. The van der Waals surface area contributed by atoms with E-state index < -0.39 is 0 Å². The summed E-state index contributed by atoms with van der Waals surface area (Å²) in [6.45, 7) is 2.55. The Kier molecular flexibility index (Phi) is 2.78. The number of nitriles is 1. The van der Waals surface area contributed by atoms with Gasteiger partial charge in [-0.3, -0.25) is 0 Å². The van der Waals surface area contributed by atoms with Gasteiger partial charge in [0, 0.05) is 20.5 Å². The van der Waals surface area contributed by atoms with E-state index in [1.54, 1.807) is 11.9 Å². The minimum absolute atomic E-state index is 0.682. The van der Waals surface area contributed by atoms with Crippen molar-refractivity contribution in [2.45, 2.75) is 13.3 Å². The van der Waals surface area contributed by atoms with Gasteiger partial charge in [0.25, 0.3) is 0 Å². The molecule has 4 heteroatoms. The average Bonchev–Trinajstić information content (AvgIpc) is 2.65. The molecule has 0 spiro atoms. The van der Waals surface area contributed by atoms with Crippen LogP contribution in [0.2, 0.25) is 0 Å². The fourth-order valence-corrected chi connectivity index (χ4v) is 1.59. The van der Waals surface area contributed by atoms with Gasteiger partial charge < -0.3 is 9.32 Å². The Morgan fingerprint density at radius 2 is 2.31 bits per heavy atom. The molecule has 0 N–H and O–H groups in total. The Hall–Kier alpha value is -2.02. The lowest BCUT2D eigenvalue weighted by Crippen LogP contribution is -2.14. The largest absolute Gasteiger partial charge is 0.441 e. The molecule has 0 atom stereocenters. The smallest absolute Gasteiger partial charge is 0.192 e. The monoisotopic (exact) mass is 215 g/mol. The van der Waals surface area contributed by atoms with Crippen LogP contribution in [0.25, 0.3) is 11.1 Å². The van der Waals surface area contributed by atoms with Crippen LogP contribution in [0.3, 0.4) is 0 Å². The number of hydrogen-bond donors (Lipinski definition) is 0. The lowest BCUT2D eigenvalue weighted by molar-refractivity contribution is 0.478. The number of benzene rings is 1. The Bertz CT molecular complexity index is 539. The first-order valence-corrected chi connectivity index (χ1v) is 5.16. The maximum atomic E-state index is 8.64. The molecule has 0 saturated carbocycles. The van der Waals surface area contributed by atoms with E-state index in [0.29, 0.717) is 5.89 Å². The van der Waals surface area contributed by atoms with Crippen LogP contribution in [0.5, 0.6) is 0 Å². The molecular formula is C12H13N3O. The zero-order chi connectivity index (χ0) is 11.5. The summed E-state index contributed by atoms with van der Waals surface area (Å²) < 4.78 is 5.45. The molecule has 0 aliphatic rings. The van der Waals surface area contributed by atoms with Crippen molar-refractivity contribution in [1.82, 2.24) is 9.88 Å². The van der Waals surface area contributed by atoms with Gasteiger partial charge in [-0.2, -0.15) is 5.26 Å². The van der Waals surface area contributed by atoms with Gasteiger partial charge in [0.1, 0.15) is 5.52 Å². The Morgan fingerprint density at radius 1 is 1.50 bits per heavy atom. The van der Waals surface area contributed by atoms with Gasteiger partial charge in [0.15, 0.2) is 17.7 Å². The predicted molar refractivity (Wildman–Crippen MR) is 60.7 cm³/mol. The number of aromatic nitrogens is 1. The van der Waals surface area contributed by atoms with Crippen molar-refractivity contribution in [1.29, 1.82) is 5.26 Å². The van der Waals surface area contributed by atoms with E-state index in [1.165, 1.54) is 0 Å². The third-order valence-corrected chi connectivity index (χ3v) is 2.47. The quantitative estimate of drug-likeness (QED) is 0.581. The molecule has 1 aromatic carbocycles. The van der Waals surface area contributed by atoms with Crippen LogP contribution in [-0.2, 0) is 6.42 Å². The predicted octanol–water partition coefficient (Wildman–Crippen LogP) is 2.09. The topological polar surface area (TPSA) is 53.1 Å². The number of hydrogen-bond acceptors (Lipinski definition) is 4. The highest BCUT2D eigenvalue weighted by Gasteiger charge is 2.03. The van der Waals surface area contributed by atoms with Crippen molar-refractivity contribution in [2.24, 2.45) is 0 Å². The Labute approximate surface area is 94.1 Å². The first kappa shape index (κ1) is 10.5. The molecule has 0 fully saturated rings. The fraction of sp³-hybridized carbons (Fsp3) is 0.333. The number of aryl methyl sites for hydroxylation is 1. The molecule has 82 valence electrons. The minimum atomic E-state index is 0.682. The standard InChI is InChI=1S/C12H13N3O/c1-9-14-11-4-3-10(7-12(11)16-9)5-6-15(2)8-13/h3-4,7H,5-6H2,1-2H3. The van der Waals surface area contributed by atoms with Gasteiger partial charge in [-0.25, -0.2) is 4.98 Å². The second-order valence-electron chi connectivity index (χ2n) is 3.81. The molecule has 16 heavy (non-hydrogen) atoms. The molecule has 0 aliphatic heterocycles. The highest BCUT2D eigenvalue weighted by atomic mass is 16.3. The zero-order valence-corrected chi connectivity index (χ0v) is 9.40. The maximum absolute atomic E-state index is 8.64. The third kappa shape index (κ3) is 2.14. The molecule has 1 aromatic heterocycles. The Balaban J connectivity index is 2.16. The van der Waals surface area contributed by atoms with Gasteiger partial charge in [-0.1, -0.05) is 6.07 Å². The summed E-state index contributed by atoms with van der Waals surface area (Å²) in [5.74, 6) is 0.682. The van der Waals surface area contributed by atoms with Crippen LogP contribution >= 0.6 is 0 Å². The van der Waals surface area contributed by atoms with Gasteiger partial charge in [0.05, 0.1) is 0 Å². The molecule has 1 heterocycles. The SMILES string of the molecule is Cc1nc2ccc(CCN(C)C#N)cc2o1. The fourth-order valence-electron chi connectivity index (χ4n) is 1.59. The van der Waals surface area contributed by atoms with E-state index in [9.17, 15) is 0 Å². The molecule has 0 amide bonds. The zero-order valence-electron chi connectivity index (χ0n) is 9.40. The molecular weight excluding hydrogens is 202 g/mol. The van der Waals surface area contributed by atoms with Crippen molar-refractivity contribution in [3.05, 3.63) is 29.7 Å². The van der Waals surface area contributed by atoms with E-state index >= 15 is 0 Å². The third-order valence-electron chi connectivity index (χ3n) is 2.47. The summed E-state index contributed by atoms with van der Waals surface area (Å²) in [6, 6.07) is 5.96. The summed E-state index contributed by atoms with van der Waals surface area (Å²) in [7, 11) is 1.77. The first-order chi connectivity index (χ1) is 7.69. The summed E-state index contributed by atoms with van der Waals surface area (Å²) in [4.78, 5) is 5.84. The molecule has 0 saturated heterocycles. The van der Waals surface area contributed by atoms with Crippen molar-refractivity contribution in [3.8, 4) is 6.19 Å². The molecule has 2 rings (SSSR count). The van der Waals surface area contributed by atoms with Crippen LogP contribution < -0.4 is 0 Å². The molecule has 0 aliphatic carbocycles. The van der Waals surface area contributed by atoms with Crippen LogP contribution in [0.1, 0.15) is 11.5 Å². The van der Waals surface area contributed by atoms with E-state index in [1.807, 2.05) is 25.1 Å². The summed E-state index contributed by atoms with van der Waals surface area (Å²) in [6.07, 6.45) is 2.91. The lowest BCUT2D eigenvalue weighted by Gasteiger charge is -2.07. The van der Waals surface area contributed by atoms with Crippen LogP contribution in [0.4, 0.5) is 0 Å². The summed E-state index contributed by atoms with van der Waals surface area (Å²) >= 11 is 0. The van der Waals surface area contributed by atoms with Crippen molar-refractivity contribution in [2.75, 3.05) is 13.6 Å². The van der Waals surface area contributed by atoms with E-state index in [-0.39, 0.29) is 0 Å². The number of rotatable bonds is 3. The van der Waals surface area contributed by atoms with Crippen molar-refractivity contribution >= 4 is 11.1 Å². The molecule has 0 bridgehead atoms. The summed E-state index contributed by atoms with van der Waals surface area (Å²) in [5.41, 5.74) is 2.86. The van der Waals surface area contributed by atoms with Gasteiger partial charge >= 0.3 is 0 Å². The summed E-state index contributed by atoms with van der Waals surface area (Å²) in [5, 5.41) is 8.64. The van der Waals surface area contributed by atoms with Gasteiger partial charge in [-0.15, -0.1) is 0 Å². The van der Waals surface area contributed by atoms with Crippen LogP contribution in [-0.4, -0.2) is 23.5 Å². The van der Waals surface area contributed by atoms with Crippen LogP contribution in [0, 0.1) is 18.4 Å². The average molecular weight is 215 g/mol. The Morgan fingerprint density at radius 3 is 3.06 bits per heavy atom. The van der Waals surface area contributed by atoms with E-state index in [2.05, 4.69) is 11.2 Å². The normalized spacial score (nSPS) is 10.3. The van der Waals surface area contributed by atoms with Crippen molar-refractivity contribution < 1.29 is 4.42 Å². The number of oxazole rings is 1. The van der Waals surface area contributed by atoms with Gasteiger partial charge in [0.2, 0.25) is 0 Å². The first-order valence-electron chi connectivity index (χ1n) is 5.16. The van der Waals surface area contributed by atoms with Gasteiger partial charge in [-0.05, 0) is 24.1 Å². The number of nitrogens with zero attached hydrogens (tertiary/aromatic N) is 3. The lowest BCUT2D eigenvalue weighted by atomic mass is 10.1. The second-order valence-corrected chi connectivity index (χ2v) is 3.81. The van der Waals surface area contributed by atoms with Crippen LogP contribution in [0.15, 0.2) is 22.6 Å². The minimum Gasteiger partial charge on any atom is -0.441 e. The van der Waals surface area contributed by atoms with E-state index in [0.717, 1.165) is 29.6 Å².